The number of fused-ring (bicyclic) bond motifs is 6. The summed E-state index contributed by atoms with van der Waals surface area (Å²) in [6, 6.07) is 107. The number of nitrogens with zero attached hydrogens (tertiary/aromatic N) is 1. The fourth-order valence-electron chi connectivity index (χ4n) is 20.1. The minimum Gasteiger partial charge on any atom is -0.311 e. The molecule has 0 radical (unpaired) electrons. The Morgan fingerprint density at radius 3 is 0.810 bits per heavy atom. The first-order valence-corrected chi connectivity index (χ1v) is 46.4. The molecule has 0 aliphatic heterocycles. The van der Waals surface area contributed by atoms with Crippen molar-refractivity contribution >= 4 is 17.1 Å². The van der Waals surface area contributed by atoms with Gasteiger partial charge in [0.15, 0.2) is 0 Å². The number of hydrogen-bond acceptors (Lipinski definition) is 1. The van der Waals surface area contributed by atoms with Crippen LogP contribution in [0.25, 0.3) is 100 Å². The first-order chi connectivity index (χ1) is 57.3. The lowest BCUT2D eigenvalue weighted by Gasteiger charge is -2.33. The summed E-state index contributed by atoms with van der Waals surface area (Å²) in [5.41, 5.74) is 36.3. The summed E-state index contributed by atoms with van der Waals surface area (Å²) in [4.78, 5) is 2.46. The lowest BCUT2D eigenvalue weighted by Crippen LogP contribution is -2.25. The van der Waals surface area contributed by atoms with Gasteiger partial charge in [0, 0.05) is 27.9 Å². The lowest BCUT2D eigenvalue weighted by atomic mass is 9.70. The van der Waals surface area contributed by atoms with Crippen LogP contribution in [0.2, 0.25) is 0 Å². The van der Waals surface area contributed by atoms with E-state index in [1.54, 1.807) is 22.3 Å². The van der Waals surface area contributed by atoms with E-state index in [4.69, 9.17) is 0 Å². The summed E-state index contributed by atoms with van der Waals surface area (Å²) < 4.78 is 0. The standard InChI is InChI=1S/C115H133N/c1-7-13-19-25-31-47-100-84-97(65-74-105(100)104-54-33-32-46-90(104)45-30-24-18-12-6)94-51-42-48-91(81-94)87-59-68-101(69-60-87)116(102-70-61-88(62-71-102)92-49-43-52-95(82-92)98-66-75-108-106-55-34-36-57-110(106)114(112(108)85-98,77-38-26-20-14-8-2)78-39-27-21-15-9-3)103-72-63-89(64-73-103)93-50-44-53-96(83-93)99-67-76-109-107-56-35-37-58-111(107)115(113(109)86-99,79-40-28-22-16-10-4)80-41-29-23-17-11-5/h32-37,42-44,46,48-76,81-86H,7-31,38-41,45,47,77-80H2,1-6H3. The molecule has 2 aliphatic carbocycles. The van der Waals surface area contributed by atoms with E-state index in [2.05, 4.69) is 319 Å². The summed E-state index contributed by atoms with van der Waals surface area (Å²) in [5.74, 6) is 0. The summed E-state index contributed by atoms with van der Waals surface area (Å²) in [6.45, 7) is 14.0. The maximum absolute atomic E-state index is 2.61. The molecule has 0 atom stereocenters. The molecule has 14 rings (SSSR count). The first kappa shape index (κ1) is 82.9. The number of aryl methyl sites for hydroxylation is 2. The van der Waals surface area contributed by atoms with E-state index in [9.17, 15) is 0 Å². The van der Waals surface area contributed by atoms with Gasteiger partial charge in [-0.15, -0.1) is 0 Å². The van der Waals surface area contributed by atoms with Gasteiger partial charge < -0.3 is 4.90 Å². The molecule has 0 heterocycles. The molecule has 0 saturated heterocycles. The van der Waals surface area contributed by atoms with Crippen LogP contribution in [0, 0.1) is 0 Å². The van der Waals surface area contributed by atoms with Crippen molar-refractivity contribution in [2.75, 3.05) is 4.90 Å². The molecule has 0 bridgehead atoms. The largest absolute Gasteiger partial charge is 0.311 e. The van der Waals surface area contributed by atoms with Crippen molar-refractivity contribution in [3.63, 3.8) is 0 Å². The van der Waals surface area contributed by atoms with Crippen molar-refractivity contribution in [3.8, 4) is 100 Å². The van der Waals surface area contributed by atoms with Crippen LogP contribution in [-0.2, 0) is 23.7 Å². The lowest BCUT2D eigenvalue weighted by molar-refractivity contribution is 0.399. The first-order valence-electron chi connectivity index (χ1n) is 46.4. The smallest absolute Gasteiger partial charge is 0.0462 e. The highest BCUT2D eigenvalue weighted by Crippen LogP contribution is 2.57. The van der Waals surface area contributed by atoms with Crippen molar-refractivity contribution in [2.24, 2.45) is 0 Å². The molecule has 12 aromatic carbocycles. The third-order valence-electron chi connectivity index (χ3n) is 26.6. The van der Waals surface area contributed by atoms with Gasteiger partial charge in [-0.05, 0) is 252 Å². The maximum Gasteiger partial charge on any atom is 0.0462 e. The highest BCUT2D eigenvalue weighted by Gasteiger charge is 2.44. The van der Waals surface area contributed by atoms with Crippen molar-refractivity contribution in [3.05, 3.63) is 306 Å². The molecular formula is C115H133N. The average Bonchev–Trinajstić information content (AvgIpc) is 1.57. The SMILES string of the molecule is CCCCCCCc1cc(-c2cccc(-c3ccc(N(c4ccc(-c5cccc(-c6ccc7c(c6)C(CCCCCCC)(CCCCCCC)c6ccccc6-7)c5)cc4)c4ccc(-c5cccc(-c6ccc7c(c6)C(CCCCCCC)(CCCCCCC)c6ccccc6-7)c5)cc4)cc3)c2)ccc1-c1ccccc1CCCCCC. The average molecular weight is 1530 g/mol. The van der Waals surface area contributed by atoms with Crippen LogP contribution in [-0.4, -0.2) is 0 Å². The zero-order valence-corrected chi connectivity index (χ0v) is 71.7. The highest BCUT2D eigenvalue weighted by atomic mass is 15.1. The molecule has 0 spiro atoms. The summed E-state index contributed by atoms with van der Waals surface area (Å²) in [6.07, 6.45) is 44.6. The second-order valence-corrected chi connectivity index (χ2v) is 34.7. The van der Waals surface area contributed by atoms with Crippen LogP contribution in [0.1, 0.15) is 287 Å². The van der Waals surface area contributed by atoms with Gasteiger partial charge >= 0.3 is 0 Å². The van der Waals surface area contributed by atoms with E-state index in [-0.39, 0.29) is 10.8 Å². The Bertz CT molecular complexity index is 4830. The van der Waals surface area contributed by atoms with E-state index < -0.39 is 0 Å². The summed E-state index contributed by atoms with van der Waals surface area (Å²) in [5, 5.41) is 0. The number of unbranched alkanes of at least 4 members (excludes halogenated alkanes) is 23. The van der Waals surface area contributed by atoms with Gasteiger partial charge in [0.2, 0.25) is 0 Å². The van der Waals surface area contributed by atoms with Gasteiger partial charge in [-0.1, -0.05) is 421 Å². The molecule has 1 heteroatoms. The van der Waals surface area contributed by atoms with Crippen molar-refractivity contribution in [1.29, 1.82) is 0 Å². The molecule has 0 N–H and O–H groups in total. The monoisotopic (exact) mass is 1530 g/mol. The molecule has 0 aromatic heterocycles. The Morgan fingerprint density at radius 1 is 0.181 bits per heavy atom. The van der Waals surface area contributed by atoms with Gasteiger partial charge in [0.1, 0.15) is 0 Å². The molecule has 12 aromatic rings. The molecule has 1 nitrogen and oxygen atoms in total. The van der Waals surface area contributed by atoms with E-state index >= 15 is 0 Å². The predicted octanol–water partition coefficient (Wildman–Crippen LogP) is 35.4. The minimum atomic E-state index is 0.0359. The van der Waals surface area contributed by atoms with Crippen molar-refractivity contribution in [1.82, 2.24) is 0 Å². The van der Waals surface area contributed by atoms with Crippen LogP contribution in [0.3, 0.4) is 0 Å². The Hall–Kier alpha value is -9.56. The third kappa shape index (κ3) is 19.5. The molecule has 0 unspecified atom stereocenters. The number of hydrogen-bond donors (Lipinski definition) is 0. The topological polar surface area (TPSA) is 3.24 Å². The molecule has 0 amide bonds. The normalized spacial score (nSPS) is 12.9. The Balaban J connectivity index is 0.784. The zero-order valence-electron chi connectivity index (χ0n) is 71.7. The van der Waals surface area contributed by atoms with Gasteiger partial charge in [0.25, 0.3) is 0 Å². The van der Waals surface area contributed by atoms with E-state index in [1.807, 2.05) is 0 Å². The predicted molar refractivity (Wildman–Crippen MR) is 505 cm³/mol. The molecule has 0 fully saturated rings. The van der Waals surface area contributed by atoms with Gasteiger partial charge in [-0.25, -0.2) is 0 Å². The summed E-state index contributed by atoms with van der Waals surface area (Å²) in [7, 11) is 0. The van der Waals surface area contributed by atoms with Crippen LogP contribution < -0.4 is 4.90 Å². The van der Waals surface area contributed by atoms with Crippen LogP contribution >= 0.6 is 0 Å². The van der Waals surface area contributed by atoms with E-state index in [1.165, 1.54) is 323 Å². The number of benzene rings is 12. The maximum atomic E-state index is 2.61. The highest BCUT2D eigenvalue weighted by molar-refractivity contribution is 5.89. The van der Waals surface area contributed by atoms with Crippen LogP contribution in [0.5, 0.6) is 0 Å². The summed E-state index contributed by atoms with van der Waals surface area (Å²) >= 11 is 0. The zero-order chi connectivity index (χ0) is 79.7. The van der Waals surface area contributed by atoms with Crippen LogP contribution in [0.15, 0.2) is 273 Å². The second-order valence-electron chi connectivity index (χ2n) is 34.7. The Morgan fingerprint density at radius 2 is 0.440 bits per heavy atom. The fourth-order valence-corrected chi connectivity index (χ4v) is 20.1. The molecule has 116 heavy (non-hydrogen) atoms. The van der Waals surface area contributed by atoms with Gasteiger partial charge in [-0.3, -0.25) is 0 Å². The molecule has 0 saturated carbocycles. The van der Waals surface area contributed by atoms with E-state index in [0.29, 0.717) is 0 Å². The van der Waals surface area contributed by atoms with E-state index in [0.717, 1.165) is 29.9 Å². The van der Waals surface area contributed by atoms with Crippen molar-refractivity contribution < 1.29 is 0 Å². The quantitative estimate of drug-likeness (QED) is 0.0344. The number of anilines is 3. The molecule has 598 valence electrons. The molecule has 2 aliphatic rings. The van der Waals surface area contributed by atoms with Gasteiger partial charge in [0.05, 0.1) is 0 Å². The Labute approximate surface area is 701 Å². The fraction of sp³-hybridized carbons (Fsp3) is 0.374. The second kappa shape index (κ2) is 41.5. The molecular weight excluding hydrogens is 1400 g/mol. The minimum absolute atomic E-state index is 0.0359. The van der Waals surface area contributed by atoms with Crippen LogP contribution in [0.4, 0.5) is 17.1 Å². The third-order valence-corrected chi connectivity index (χ3v) is 26.6. The number of rotatable bonds is 45. The van der Waals surface area contributed by atoms with Gasteiger partial charge in [-0.2, -0.15) is 0 Å². The Kier molecular flexibility index (Phi) is 29.7. The van der Waals surface area contributed by atoms with Crippen molar-refractivity contribution in [2.45, 2.75) is 277 Å².